The van der Waals surface area contributed by atoms with Gasteiger partial charge in [0, 0.05) is 51.2 Å². The minimum atomic E-state index is 1.09. The molecule has 0 spiro atoms. The van der Waals surface area contributed by atoms with E-state index in [4.69, 9.17) is 0 Å². The average molecular weight is 958 g/mol. The average Bonchev–Trinajstić information content (AvgIpc) is 3.49. The number of para-hydroxylation sites is 3. The second-order valence-electron chi connectivity index (χ2n) is 19.0. The maximum absolute atomic E-state index is 2.34. The van der Waals surface area contributed by atoms with E-state index in [1.54, 1.807) is 0 Å². The highest BCUT2D eigenvalue weighted by Crippen LogP contribution is 2.42. The highest BCUT2D eigenvalue weighted by atomic mass is 15.2. The van der Waals surface area contributed by atoms with Crippen molar-refractivity contribution in [3.05, 3.63) is 309 Å². The van der Waals surface area contributed by atoms with Crippen LogP contribution in [0.25, 0.3) is 65.7 Å². The zero-order valence-corrected chi connectivity index (χ0v) is 41.3. The fraction of sp³-hybridized carbons (Fsp3) is 0. The molecule has 0 saturated carbocycles. The van der Waals surface area contributed by atoms with Crippen molar-refractivity contribution in [2.24, 2.45) is 0 Å². The van der Waals surface area contributed by atoms with Crippen LogP contribution in [0, 0.1) is 0 Å². The van der Waals surface area contributed by atoms with E-state index in [1.807, 2.05) is 0 Å². The molecule has 0 N–H and O–H groups in total. The molecule has 75 heavy (non-hydrogen) atoms. The van der Waals surface area contributed by atoms with E-state index in [0.29, 0.717) is 0 Å². The Morgan fingerprint density at radius 3 is 0.613 bits per heavy atom. The molecule has 0 bridgehead atoms. The lowest BCUT2D eigenvalue weighted by molar-refractivity contribution is 1.29. The Morgan fingerprint density at radius 1 is 0.133 bits per heavy atom. The third-order valence-corrected chi connectivity index (χ3v) is 14.3. The quantitative estimate of drug-likeness (QED) is 0.121. The number of rotatable bonds is 12. The van der Waals surface area contributed by atoms with E-state index in [1.165, 1.54) is 32.3 Å². The van der Waals surface area contributed by atoms with Crippen LogP contribution in [0.1, 0.15) is 0 Å². The number of fused-ring (bicyclic) bond motifs is 3. The molecule has 0 aliphatic rings. The van der Waals surface area contributed by atoms with Crippen molar-refractivity contribution in [3.63, 3.8) is 0 Å². The summed E-state index contributed by atoms with van der Waals surface area (Å²) in [7, 11) is 0. The van der Waals surface area contributed by atoms with Crippen LogP contribution in [0.15, 0.2) is 309 Å². The lowest BCUT2D eigenvalue weighted by Crippen LogP contribution is -2.09. The Kier molecular flexibility index (Phi) is 11.9. The highest BCUT2D eigenvalue weighted by molar-refractivity contribution is 5.93. The summed E-state index contributed by atoms with van der Waals surface area (Å²) in [6.45, 7) is 0. The summed E-state index contributed by atoms with van der Waals surface area (Å²) >= 11 is 0. The Morgan fingerprint density at radius 2 is 0.347 bits per heavy atom. The first-order chi connectivity index (χ1) is 37.1. The van der Waals surface area contributed by atoms with Crippen molar-refractivity contribution in [1.29, 1.82) is 0 Å². The molecule has 0 unspecified atom stereocenters. The summed E-state index contributed by atoms with van der Waals surface area (Å²) in [4.78, 5) is 7.03. The molecular formula is C72H51N3. The van der Waals surface area contributed by atoms with Crippen molar-refractivity contribution < 1.29 is 0 Å². The van der Waals surface area contributed by atoms with E-state index in [0.717, 1.165) is 84.6 Å². The smallest absolute Gasteiger partial charge is 0.0468 e. The van der Waals surface area contributed by atoms with Gasteiger partial charge in [-0.05, 0) is 193 Å². The lowest BCUT2D eigenvalue weighted by atomic mass is 9.93. The molecule has 3 heteroatoms. The third-order valence-electron chi connectivity index (χ3n) is 14.3. The molecular weight excluding hydrogens is 907 g/mol. The normalized spacial score (nSPS) is 11.2. The van der Waals surface area contributed by atoms with Crippen LogP contribution in [0.2, 0.25) is 0 Å². The van der Waals surface area contributed by atoms with Crippen LogP contribution < -0.4 is 14.7 Å². The minimum absolute atomic E-state index is 1.09. The fourth-order valence-corrected chi connectivity index (χ4v) is 10.6. The summed E-state index contributed by atoms with van der Waals surface area (Å²) in [6.07, 6.45) is 0. The number of hydrogen-bond donors (Lipinski definition) is 0. The minimum Gasteiger partial charge on any atom is -0.310 e. The summed E-state index contributed by atoms with van der Waals surface area (Å²) in [5.74, 6) is 0. The molecule has 0 aromatic heterocycles. The summed E-state index contributed by atoms with van der Waals surface area (Å²) < 4.78 is 0. The van der Waals surface area contributed by atoms with Crippen molar-refractivity contribution in [2.75, 3.05) is 14.7 Å². The van der Waals surface area contributed by atoms with Gasteiger partial charge < -0.3 is 14.7 Å². The second kappa shape index (κ2) is 19.9. The van der Waals surface area contributed by atoms with E-state index in [9.17, 15) is 0 Å². The number of hydrogen-bond acceptors (Lipinski definition) is 3. The van der Waals surface area contributed by atoms with Gasteiger partial charge in [0.2, 0.25) is 0 Å². The predicted octanol–water partition coefficient (Wildman–Crippen LogP) is 20.6. The zero-order chi connectivity index (χ0) is 49.9. The van der Waals surface area contributed by atoms with Gasteiger partial charge in [-0.25, -0.2) is 0 Å². The van der Waals surface area contributed by atoms with Gasteiger partial charge >= 0.3 is 0 Å². The summed E-state index contributed by atoms with van der Waals surface area (Å²) in [5, 5.41) is 7.30. The monoisotopic (exact) mass is 957 g/mol. The van der Waals surface area contributed by atoms with Crippen LogP contribution in [-0.2, 0) is 0 Å². The molecule has 13 aromatic carbocycles. The molecule has 0 radical (unpaired) electrons. The van der Waals surface area contributed by atoms with Gasteiger partial charge in [0.05, 0.1) is 0 Å². The molecule has 0 aliphatic heterocycles. The van der Waals surface area contributed by atoms with Gasteiger partial charge in [-0.3, -0.25) is 0 Å². The van der Waals surface area contributed by atoms with Crippen molar-refractivity contribution >= 4 is 83.5 Å². The van der Waals surface area contributed by atoms with E-state index < -0.39 is 0 Å². The van der Waals surface area contributed by atoms with Crippen LogP contribution in [0.4, 0.5) is 51.2 Å². The molecule has 0 aliphatic carbocycles. The Labute approximate surface area is 438 Å². The molecule has 13 aromatic rings. The van der Waals surface area contributed by atoms with Gasteiger partial charge in [-0.2, -0.15) is 0 Å². The van der Waals surface area contributed by atoms with Gasteiger partial charge in [0.25, 0.3) is 0 Å². The van der Waals surface area contributed by atoms with Gasteiger partial charge in [-0.15, -0.1) is 0 Å². The van der Waals surface area contributed by atoms with Crippen molar-refractivity contribution in [1.82, 2.24) is 0 Å². The lowest BCUT2D eigenvalue weighted by Gasteiger charge is -2.26. The molecule has 3 nitrogen and oxygen atoms in total. The Bertz CT molecular complexity index is 3660. The molecule has 0 fully saturated rings. The van der Waals surface area contributed by atoms with Crippen LogP contribution in [0.5, 0.6) is 0 Å². The predicted molar refractivity (Wildman–Crippen MR) is 319 cm³/mol. The van der Waals surface area contributed by atoms with E-state index in [-0.39, 0.29) is 0 Å². The first kappa shape index (κ1) is 44.9. The van der Waals surface area contributed by atoms with Gasteiger partial charge in [0.15, 0.2) is 0 Å². The highest BCUT2D eigenvalue weighted by Gasteiger charge is 2.18. The van der Waals surface area contributed by atoms with Gasteiger partial charge in [0.1, 0.15) is 0 Å². The molecule has 0 atom stereocenters. The molecule has 13 rings (SSSR count). The van der Waals surface area contributed by atoms with Crippen molar-refractivity contribution in [2.45, 2.75) is 0 Å². The van der Waals surface area contributed by atoms with E-state index >= 15 is 0 Å². The first-order valence-electron chi connectivity index (χ1n) is 25.6. The fourth-order valence-electron chi connectivity index (χ4n) is 10.6. The molecule has 0 saturated heterocycles. The third kappa shape index (κ3) is 9.16. The first-order valence-corrected chi connectivity index (χ1v) is 25.6. The SMILES string of the molecule is c1ccc(N(c2ccc(-c3cc(-c4ccc(N(c5ccccc5)c5ccc6ccccc6c5)cc4)cc(-c4ccc(N(c5ccccc5)c5ccc6ccccc6c5)cc4)c3)cc2)c2ccc3ccccc3c2)cc1. The largest absolute Gasteiger partial charge is 0.310 e. The Hall–Kier alpha value is -9.96. The number of anilines is 9. The van der Waals surface area contributed by atoms with Crippen LogP contribution in [0.3, 0.4) is 0 Å². The Balaban J connectivity index is 0.903. The standard InChI is InChI=1S/C72H51N3/c1-4-22-64(23-5-1)73(70-43-34-52-16-10-13-19-58(52)49-70)67-37-28-55(29-38-67)61-46-62(56-30-39-68(40-31-56)74(65-24-6-2-7-25-65)71-44-35-53-17-11-14-20-59(53)50-71)48-63(47-61)57-32-41-69(42-33-57)75(66-26-8-3-9-27-66)72-45-36-54-18-12-15-21-60(54)51-72/h1-51H. The number of nitrogens with zero attached hydrogens (tertiary/aromatic N) is 3. The maximum atomic E-state index is 2.34. The van der Waals surface area contributed by atoms with E-state index in [2.05, 4.69) is 324 Å². The molecule has 354 valence electrons. The summed E-state index contributed by atoms with van der Waals surface area (Å²) in [5.41, 5.74) is 16.8. The van der Waals surface area contributed by atoms with Crippen LogP contribution >= 0.6 is 0 Å². The molecule has 0 amide bonds. The van der Waals surface area contributed by atoms with Crippen molar-refractivity contribution in [3.8, 4) is 33.4 Å². The summed E-state index contributed by atoms with van der Waals surface area (Å²) in [6, 6.07) is 112. The van der Waals surface area contributed by atoms with Crippen LogP contribution in [-0.4, -0.2) is 0 Å². The topological polar surface area (TPSA) is 9.72 Å². The second-order valence-corrected chi connectivity index (χ2v) is 19.0. The van der Waals surface area contributed by atoms with Gasteiger partial charge in [-0.1, -0.05) is 182 Å². The zero-order valence-electron chi connectivity index (χ0n) is 41.3. The number of benzene rings is 13. The molecule has 0 heterocycles. The maximum Gasteiger partial charge on any atom is 0.0468 e.